The number of aliphatic hydroxyl groups excluding tert-OH is 1. The third-order valence-corrected chi connectivity index (χ3v) is 6.26. The predicted molar refractivity (Wildman–Crippen MR) is 137 cm³/mol. The summed E-state index contributed by atoms with van der Waals surface area (Å²) in [6.07, 6.45) is 0.907. The lowest BCUT2D eigenvalue weighted by Crippen LogP contribution is -2.30. The number of halogens is 5. The third-order valence-electron chi connectivity index (χ3n) is 5.70. The van der Waals surface area contributed by atoms with Gasteiger partial charge in [-0.25, -0.2) is 0 Å². The normalized spacial score (nSPS) is 13.5. The summed E-state index contributed by atoms with van der Waals surface area (Å²) in [7, 11) is 0. The maximum absolute atomic E-state index is 13.2. The van der Waals surface area contributed by atoms with E-state index in [-0.39, 0.29) is 5.69 Å². The van der Waals surface area contributed by atoms with E-state index in [9.17, 15) is 18.3 Å². The van der Waals surface area contributed by atoms with Crippen molar-refractivity contribution in [2.24, 2.45) is 0 Å². The molecule has 188 valence electrons. The van der Waals surface area contributed by atoms with Crippen LogP contribution in [0.5, 0.6) is 0 Å². The Bertz CT molecular complexity index is 956. The fraction of sp³-hybridized carbons (Fsp3) is 0.462. The highest BCUT2D eigenvalue weighted by Crippen LogP contribution is 2.36. The Labute approximate surface area is 210 Å². The standard InChI is InChI=1S/C26H33Cl2F3N2O/c1-3-5-12-33(13-6-4-2)14-11-25(34)22(15-18-7-9-20(27)17-23(18)28)21-10-8-19(16-24(21)32)26(29,30)31/h7-10,15-17,25,34H,3-6,11-14,32H2,1-2H3/b22-15+. The largest absolute Gasteiger partial charge is 0.416 e. The predicted octanol–water partition coefficient (Wildman–Crippen LogP) is 7.79. The number of nitrogens with two attached hydrogens (primary N) is 1. The molecule has 34 heavy (non-hydrogen) atoms. The lowest BCUT2D eigenvalue weighted by Gasteiger charge is -2.25. The van der Waals surface area contributed by atoms with Crippen molar-refractivity contribution in [1.82, 2.24) is 4.90 Å². The first kappa shape index (κ1) is 28.5. The summed E-state index contributed by atoms with van der Waals surface area (Å²) in [6.45, 7) is 6.81. The van der Waals surface area contributed by atoms with Gasteiger partial charge in [0.05, 0.1) is 11.7 Å². The molecule has 1 unspecified atom stereocenters. The topological polar surface area (TPSA) is 49.5 Å². The van der Waals surface area contributed by atoms with Gasteiger partial charge in [0.15, 0.2) is 0 Å². The van der Waals surface area contributed by atoms with Crippen LogP contribution >= 0.6 is 23.2 Å². The summed E-state index contributed by atoms with van der Waals surface area (Å²) >= 11 is 12.3. The zero-order chi connectivity index (χ0) is 25.3. The molecule has 8 heteroatoms. The van der Waals surface area contributed by atoms with Crippen LogP contribution in [0.25, 0.3) is 11.6 Å². The van der Waals surface area contributed by atoms with Crippen molar-refractivity contribution >= 4 is 40.5 Å². The molecule has 0 radical (unpaired) electrons. The van der Waals surface area contributed by atoms with E-state index in [0.29, 0.717) is 39.7 Å². The van der Waals surface area contributed by atoms with E-state index < -0.39 is 17.8 Å². The zero-order valence-corrected chi connectivity index (χ0v) is 21.1. The van der Waals surface area contributed by atoms with Crippen LogP contribution < -0.4 is 5.73 Å². The van der Waals surface area contributed by atoms with Gasteiger partial charge in [0.2, 0.25) is 0 Å². The summed E-state index contributed by atoms with van der Waals surface area (Å²) in [5.41, 5.74) is 6.51. The Morgan fingerprint density at radius 3 is 2.21 bits per heavy atom. The van der Waals surface area contributed by atoms with Crippen molar-refractivity contribution in [2.75, 3.05) is 25.4 Å². The first-order valence-electron chi connectivity index (χ1n) is 11.6. The summed E-state index contributed by atoms with van der Waals surface area (Å²) in [6, 6.07) is 8.12. The molecule has 2 aromatic rings. The van der Waals surface area contributed by atoms with Crippen molar-refractivity contribution in [3.63, 3.8) is 0 Å². The van der Waals surface area contributed by atoms with Gasteiger partial charge in [-0.3, -0.25) is 0 Å². The van der Waals surface area contributed by atoms with Gasteiger partial charge in [-0.2, -0.15) is 13.2 Å². The second-order valence-corrected chi connectivity index (χ2v) is 9.26. The molecule has 0 spiro atoms. The lowest BCUT2D eigenvalue weighted by molar-refractivity contribution is -0.137. The highest BCUT2D eigenvalue weighted by molar-refractivity contribution is 6.35. The van der Waals surface area contributed by atoms with Gasteiger partial charge in [0, 0.05) is 27.8 Å². The number of hydrogen-bond donors (Lipinski definition) is 2. The molecular formula is C26H33Cl2F3N2O. The van der Waals surface area contributed by atoms with E-state index >= 15 is 0 Å². The van der Waals surface area contributed by atoms with Crippen LogP contribution in [0.15, 0.2) is 36.4 Å². The monoisotopic (exact) mass is 516 g/mol. The number of hydrogen-bond acceptors (Lipinski definition) is 3. The molecule has 2 aromatic carbocycles. The number of aliphatic hydroxyl groups is 1. The first-order chi connectivity index (χ1) is 16.1. The number of nitrogen functional groups attached to an aromatic ring is 1. The second-order valence-electron chi connectivity index (χ2n) is 8.42. The van der Waals surface area contributed by atoms with Crippen molar-refractivity contribution < 1.29 is 18.3 Å². The van der Waals surface area contributed by atoms with Crippen LogP contribution in [-0.2, 0) is 6.18 Å². The number of nitrogens with zero attached hydrogens (tertiary/aromatic N) is 1. The molecule has 0 aliphatic heterocycles. The zero-order valence-electron chi connectivity index (χ0n) is 19.6. The Hall–Kier alpha value is -1.73. The van der Waals surface area contributed by atoms with E-state index in [1.54, 1.807) is 24.3 Å². The molecule has 0 heterocycles. The van der Waals surface area contributed by atoms with Gasteiger partial charge < -0.3 is 15.7 Å². The average molecular weight is 517 g/mol. The first-order valence-corrected chi connectivity index (χ1v) is 12.4. The number of alkyl halides is 3. The summed E-state index contributed by atoms with van der Waals surface area (Å²) < 4.78 is 39.5. The molecule has 0 aliphatic carbocycles. The summed E-state index contributed by atoms with van der Waals surface area (Å²) in [4.78, 5) is 2.32. The van der Waals surface area contributed by atoms with Gasteiger partial charge in [-0.05, 0) is 73.8 Å². The van der Waals surface area contributed by atoms with E-state index in [4.69, 9.17) is 28.9 Å². The Kier molecular flexibility index (Phi) is 11.2. The number of benzene rings is 2. The second kappa shape index (κ2) is 13.4. The number of anilines is 1. The van der Waals surface area contributed by atoms with Gasteiger partial charge in [-0.1, -0.05) is 62.0 Å². The number of unbranched alkanes of at least 4 members (excludes halogenated alkanes) is 2. The molecule has 2 rings (SSSR count). The molecule has 0 amide bonds. The van der Waals surface area contributed by atoms with Crippen LogP contribution in [-0.4, -0.2) is 35.7 Å². The summed E-state index contributed by atoms with van der Waals surface area (Å²) in [5, 5.41) is 12.0. The SMILES string of the molecule is CCCCN(CCCC)CCC(O)/C(=C/c1ccc(Cl)cc1Cl)c1ccc(C(F)(F)F)cc1N. The van der Waals surface area contributed by atoms with Crippen molar-refractivity contribution in [1.29, 1.82) is 0 Å². The molecule has 0 aromatic heterocycles. The smallest absolute Gasteiger partial charge is 0.398 e. The van der Waals surface area contributed by atoms with Gasteiger partial charge in [0.1, 0.15) is 0 Å². The summed E-state index contributed by atoms with van der Waals surface area (Å²) in [5.74, 6) is 0. The molecule has 0 aliphatic rings. The van der Waals surface area contributed by atoms with Crippen molar-refractivity contribution in [3.05, 3.63) is 63.1 Å². The minimum Gasteiger partial charge on any atom is -0.398 e. The molecule has 0 saturated carbocycles. The van der Waals surface area contributed by atoms with E-state index in [1.165, 1.54) is 6.07 Å². The molecule has 0 fully saturated rings. The number of rotatable bonds is 12. The van der Waals surface area contributed by atoms with Gasteiger partial charge >= 0.3 is 6.18 Å². The van der Waals surface area contributed by atoms with Gasteiger partial charge in [-0.15, -0.1) is 0 Å². The van der Waals surface area contributed by atoms with Gasteiger partial charge in [0.25, 0.3) is 0 Å². The lowest BCUT2D eigenvalue weighted by atomic mass is 9.93. The molecule has 3 N–H and O–H groups in total. The van der Waals surface area contributed by atoms with Crippen LogP contribution in [0, 0.1) is 0 Å². The van der Waals surface area contributed by atoms with Crippen LogP contribution in [0.3, 0.4) is 0 Å². The average Bonchev–Trinajstić information content (AvgIpc) is 2.77. The molecule has 0 saturated heterocycles. The highest BCUT2D eigenvalue weighted by atomic mass is 35.5. The Morgan fingerprint density at radius 2 is 1.68 bits per heavy atom. The minimum atomic E-state index is -4.51. The Balaban J connectivity index is 2.40. The maximum Gasteiger partial charge on any atom is 0.416 e. The molecule has 1 atom stereocenters. The van der Waals surface area contributed by atoms with Crippen molar-refractivity contribution in [3.8, 4) is 0 Å². The quantitative estimate of drug-likeness (QED) is 0.223. The minimum absolute atomic E-state index is 0.0565. The van der Waals surface area contributed by atoms with Crippen LogP contribution in [0.2, 0.25) is 10.0 Å². The third kappa shape index (κ3) is 8.49. The van der Waals surface area contributed by atoms with Crippen LogP contribution in [0.4, 0.5) is 18.9 Å². The maximum atomic E-state index is 13.2. The van der Waals surface area contributed by atoms with E-state index in [0.717, 1.165) is 50.9 Å². The van der Waals surface area contributed by atoms with Crippen molar-refractivity contribution in [2.45, 2.75) is 58.2 Å². The molecular weight excluding hydrogens is 484 g/mol. The fourth-order valence-electron chi connectivity index (χ4n) is 3.70. The molecule has 3 nitrogen and oxygen atoms in total. The fourth-order valence-corrected chi connectivity index (χ4v) is 4.16. The molecule has 0 bridgehead atoms. The highest BCUT2D eigenvalue weighted by Gasteiger charge is 2.31. The van der Waals surface area contributed by atoms with E-state index in [2.05, 4.69) is 18.7 Å². The Morgan fingerprint density at radius 1 is 1.03 bits per heavy atom. The van der Waals surface area contributed by atoms with E-state index in [1.807, 2.05) is 0 Å². The van der Waals surface area contributed by atoms with Crippen LogP contribution in [0.1, 0.15) is 62.6 Å².